The minimum absolute atomic E-state index is 0.0456. The maximum atomic E-state index is 13.4. The van der Waals surface area contributed by atoms with Crippen LogP contribution in [0.3, 0.4) is 0 Å². The standard InChI is InChI=1S/C22H25FN2O3/c1-2-28-20-9-7-17(8-10-20)15-21(26)24-11-4-12-25(14-13-24)22(27)18-5-3-6-19(23)16-18/h3,5-10,16H,2,4,11-15H2,1H3. The molecule has 0 unspecified atom stereocenters. The molecule has 2 aromatic carbocycles. The lowest BCUT2D eigenvalue weighted by atomic mass is 10.1. The third-order valence-corrected chi connectivity index (χ3v) is 4.80. The smallest absolute Gasteiger partial charge is 0.254 e. The van der Waals surface area contributed by atoms with E-state index in [-0.39, 0.29) is 11.8 Å². The first-order valence-electron chi connectivity index (χ1n) is 9.61. The fourth-order valence-corrected chi connectivity index (χ4v) is 3.33. The largest absolute Gasteiger partial charge is 0.494 e. The molecule has 1 fully saturated rings. The van der Waals surface area contributed by atoms with E-state index in [4.69, 9.17) is 4.74 Å². The van der Waals surface area contributed by atoms with Crippen LogP contribution in [0.4, 0.5) is 4.39 Å². The van der Waals surface area contributed by atoms with Crippen molar-refractivity contribution >= 4 is 11.8 Å². The van der Waals surface area contributed by atoms with E-state index in [0.29, 0.717) is 51.2 Å². The SMILES string of the molecule is CCOc1ccc(CC(=O)N2CCCN(C(=O)c3cccc(F)c3)CC2)cc1. The summed E-state index contributed by atoms with van der Waals surface area (Å²) in [6.45, 7) is 4.64. The van der Waals surface area contributed by atoms with Crippen LogP contribution in [0.1, 0.15) is 29.3 Å². The first kappa shape index (κ1) is 19.9. The van der Waals surface area contributed by atoms with E-state index in [1.54, 1.807) is 15.9 Å². The molecule has 0 bridgehead atoms. The second-order valence-electron chi connectivity index (χ2n) is 6.79. The molecule has 1 aliphatic heterocycles. The highest BCUT2D eigenvalue weighted by molar-refractivity contribution is 5.94. The summed E-state index contributed by atoms with van der Waals surface area (Å²) < 4.78 is 18.8. The summed E-state index contributed by atoms with van der Waals surface area (Å²) in [7, 11) is 0. The minimum atomic E-state index is -0.423. The molecule has 148 valence electrons. The number of rotatable bonds is 5. The number of hydrogen-bond donors (Lipinski definition) is 0. The molecule has 0 radical (unpaired) electrons. The summed E-state index contributed by atoms with van der Waals surface area (Å²) in [5.74, 6) is 0.220. The summed E-state index contributed by atoms with van der Waals surface area (Å²) in [5, 5.41) is 0. The van der Waals surface area contributed by atoms with Gasteiger partial charge in [-0.2, -0.15) is 0 Å². The van der Waals surface area contributed by atoms with Crippen LogP contribution in [0.2, 0.25) is 0 Å². The minimum Gasteiger partial charge on any atom is -0.494 e. The zero-order valence-electron chi connectivity index (χ0n) is 16.1. The van der Waals surface area contributed by atoms with Gasteiger partial charge in [0, 0.05) is 31.7 Å². The van der Waals surface area contributed by atoms with Gasteiger partial charge in [0.25, 0.3) is 5.91 Å². The van der Waals surface area contributed by atoms with Gasteiger partial charge >= 0.3 is 0 Å². The van der Waals surface area contributed by atoms with Crippen molar-refractivity contribution in [2.75, 3.05) is 32.8 Å². The van der Waals surface area contributed by atoms with Gasteiger partial charge in [0.15, 0.2) is 0 Å². The maximum Gasteiger partial charge on any atom is 0.254 e. The van der Waals surface area contributed by atoms with Crippen LogP contribution in [-0.2, 0) is 11.2 Å². The van der Waals surface area contributed by atoms with E-state index < -0.39 is 5.82 Å². The van der Waals surface area contributed by atoms with Crippen molar-refractivity contribution < 1.29 is 18.7 Å². The lowest BCUT2D eigenvalue weighted by molar-refractivity contribution is -0.130. The Morgan fingerprint density at radius 3 is 2.43 bits per heavy atom. The fraction of sp³-hybridized carbons (Fsp3) is 0.364. The van der Waals surface area contributed by atoms with Gasteiger partial charge in [-0.15, -0.1) is 0 Å². The van der Waals surface area contributed by atoms with Crippen LogP contribution in [-0.4, -0.2) is 54.4 Å². The highest BCUT2D eigenvalue weighted by Crippen LogP contribution is 2.15. The highest BCUT2D eigenvalue weighted by atomic mass is 19.1. The van der Waals surface area contributed by atoms with Gasteiger partial charge in [0.2, 0.25) is 5.91 Å². The molecule has 2 amide bonds. The predicted octanol–water partition coefficient (Wildman–Crippen LogP) is 3.14. The van der Waals surface area contributed by atoms with Crippen LogP contribution >= 0.6 is 0 Å². The van der Waals surface area contributed by atoms with E-state index in [2.05, 4.69) is 0 Å². The number of hydrogen-bond acceptors (Lipinski definition) is 3. The Labute approximate surface area is 164 Å². The van der Waals surface area contributed by atoms with Gasteiger partial charge < -0.3 is 14.5 Å². The molecule has 0 spiro atoms. The Morgan fingerprint density at radius 2 is 1.71 bits per heavy atom. The Hall–Kier alpha value is -2.89. The van der Waals surface area contributed by atoms with E-state index in [9.17, 15) is 14.0 Å². The van der Waals surface area contributed by atoms with Gasteiger partial charge in [-0.05, 0) is 49.2 Å². The van der Waals surface area contributed by atoms with E-state index in [1.807, 2.05) is 31.2 Å². The van der Waals surface area contributed by atoms with Gasteiger partial charge in [0.1, 0.15) is 11.6 Å². The fourth-order valence-electron chi connectivity index (χ4n) is 3.33. The molecule has 1 saturated heterocycles. The van der Waals surface area contributed by atoms with Gasteiger partial charge in [-0.3, -0.25) is 9.59 Å². The second-order valence-corrected chi connectivity index (χ2v) is 6.79. The van der Waals surface area contributed by atoms with Crippen molar-refractivity contribution in [3.05, 3.63) is 65.5 Å². The summed E-state index contributed by atoms with van der Waals surface area (Å²) in [5.41, 5.74) is 1.28. The normalized spacial score (nSPS) is 14.5. The lowest BCUT2D eigenvalue weighted by Gasteiger charge is -2.22. The molecule has 1 heterocycles. The van der Waals surface area contributed by atoms with Crippen molar-refractivity contribution in [1.29, 1.82) is 0 Å². The monoisotopic (exact) mass is 384 g/mol. The second kappa shape index (κ2) is 9.35. The summed E-state index contributed by atoms with van der Waals surface area (Å²) in [6, 6.07) is 13.3. The van der Waals surface area contributed by atoms with E-state index >= 15 is 0 Å². The predicted molar refractivity (Wildman–Crippen MR) is 105 cm³/mol. The van der Waals surface area contributed by atoms with Gasteiger partial charge in [-0.1, -0.05) is 18.2 Å². The number of halogens is 1. The molecule has 2 aromatic rings. The van der Waals surface area contributed by atoms with E-state index in [0.717, 1.165) is 11.3 Å². The maximum absolute atomic E-state index is 13.4. The summed E-state index contributed by atoms with van der Waals surface area (Å²) in [4.78, 5) is 28.8. The molecule has 0 saturated carbocycles. The molecule has 0 aromatic heterocycles. The Morgan fingerprint density at radius 1 is 1.00 bits per heavy atom. The Bertz CT molecular complexity index is 823. The third kappa shape index (κ3) is 5.09. The van der Waals surface area contributed by atoms with Crippen LogP contribution in [0, 0.1) is 5.82 Å². The van der Waals surface area contributed by atoms with Crippen LogP contribution in [0.5, 0.6) is 5.75 Å². The zero-order chi connectivity index (χ0) is 19.9. The Balaban J connectivity index is 1.56. The molecule has 1 aliphatic rings. The number of amides is 2. The number of carbonyl (C=O) groups excluding carboxylic acids is 2. The topological polar surface area (TPSA) is 49.9 Å². The molecule has 0 N–H and O–H groups in total. The van der Waals surface area contributed by atoms with E-state index in [1.165, 1.54) is 18.2 Å². The average Bonchev–Trinajstić information content (AvgIpc) is 2.95. The number of carbonyl (C=O) groups is 2. The average molecular weight is 384 g/mol. The molecule has 3 rings (SSSR count). The van der Waals surface area contributed by atoms with Gasteiger partial charge in [0.05, 0.1) is 13.0 Å². The number of benzene rings is 2. The number of ether oxygens (including phenoxy) is 1. The lowest BCUT2D eigenvalue weighted by Crippen LogP contribution is -2.38. The molecule has 28 heavy (non-hydrogen) atoms. The van der Waals surface area contributed by atoms with Crippen molar-refractivity contribution in [3.63, 3.8) is 0 Å². The van der Waals surface area contributed by atoms with Crippen molar-refractivity contribution in [1.82, 2.24) is 9.80 Å². The molecular weight excluding hydrogens is 359 g/mol. The highest BCUT2D eigenvalue weighted by Gasteiger charge is 2.23. The van der Waals surface area contributed by atoms with Crippen LogP contribution in [0.15, 0.2) is 48.5 Å². The molecule has 0 atom stereocenters. The molecule has 5 nitrogen and oxygen atoms in total. The van der Waals surface area contributed by atoms with Gasteiger partial charge in [-0.25, -0.2) is 4.39 Å². The molecule has 6 heteroatoms. The van der Waals surface area contributed by atoms with Crippen molar-refractivity contribution in [3.8, 4) is 5.75 Å². The Kier molecular flexibility index (Phi) is 6.63. The van der Waals surface area contributed by atoms with Crippen molar-refractivity contribution in [2.45, 2.75) is 19.8 Å². The first-order valence-corrected chi connectivity index (χ1v) is 9.61. The summed E-state index contributed by atoms with van der Waals surface area (Å²) >= 11 is 0. The van der Waals surface area contributed by atoms with Crippen LogP contribution in [0.25, 0.3) is 0 Å². The third-order valence-electron chi connectivity index (χ3n) is 4.80. The quantitative estimate of drug-likeness (QED) is 0.796. The molecular formula is C22H25FN2O3. The molecule has 0 aliphatic carbocycles. The van der Waals surface area contributed by atoms with Crippen molar-refractivity contribution in [2.24, 2.45) is 0 Å². The number of nitrogens with zero attached hydrogens (tertiary/aromatic N) is 2. The first-order chi connectivity index (χ1) is 13.6. The zero-order valence-corrected chi connectivity index (χ0v) is 16.1. The summed E-state index contributed by atoms with van der Waals surface area (Å²) in [6.07, 6.45) is 1.03. The van der Waals surface area contributed by atoms with Crippen LogP contribution < -0.4 is 4.74 Å².